The van der Waals surface area contributed by atoms with E-state index in [4.69, 9.17) is 9.47 Å². The van der Waals surface area contributed by atoms with E-state index >= 15 is 0 Å². The maximum atomic E-state index is 14.7. The monoisotopic (exact) mass is 837 g/mol. The molecule has 0 amide bonds. The van der Waals surface area contributed by atoms with Crippen molar-refractivity contribution in [1.82, 2.24) is 24.5 Å². The average Bonchev–Trinajstić information content (AvgIpc) is 3.22. The first-order valence-electron chi connectivity index (χ1n) is 21.2. The Morgan fingerprint density at radius 3 is 1.88 bits per heavy atom. The van der Waals surface area contributed by atoms with E-state index in [1.54, 1.807) is 6.08 Å². The van der Waals surface area contributed by atoms with Gasteiger partial charge in [0.25, 0.3) is 0 Å². The average molecular weight is 838 g/mol. The highest BCUT2D eigenvalue weighted by atomic mass is 19.4. The fourth-order valence-corrected chi connectivity index (χ4v) is 7.91. The molecule has 11 nitrogen and oxygen atoms in total. The maximum absolute atomic E-state index is 14.7. The highest BCUT2D eigenvalue weighted by molar-refractivity contribution is 5.78. The van der Waals surface area contributed by atoms with Crippen molar-refractivity contribution in [3.8, 4) is 16.9 Å². The number of aliphatic carboxylic acids is 2. The number of alkyl halides is 3. The molecule has 0 spiro atoms. The molecular formula is C46H62F3N5O6. The largest absolute Gasteiger partial charge is 0.491 e. The molecule has 3 aromatic rings. The third kappa shape index (κ3) is 15.0. The minimum atomic E-state index is -4.57. The minimum absolute atomic E-state index is 0.0355. The van der Waals surface area contributed by atoms with Crippen LogP contribution in [0.4, 0.5) is 13.2 Å². The number of carbonyl (C=O) groups is 2. The predicted molar refractivity (Wildman–Crippen MR) is 229 cm³/mol. The molecule has 5 rings (SSSR count). The summed E-state index contributed by atoms with van der Waals surface area (Å²) in [7, 11) is 0. The summed E-state index contributed by atoms with van der Waals surface area (Å²) in [6, 6.07) is 18.5. The number of carboxylic acids is 2. The van der Waals surface area contributed by atoms with E-state index in [0.29, 0.717) is 70.3 Å². The first-order chi connectivity index (χ1) is 28.9. The first-order valence-corrected chi connectivity index (χ1v) is 21.2. The molecule has 2 N–H and O–H groups in total. The van der Waals surface area contributed by atoms with Gasteiger partial charge in [0.15, 0.2) is 0 Å². The number of hydrogen-bond acceptors (Lipinski definition) is 9. The van der Waals surface area contributed by atoms with Gasteiger partial charge in [0.1, 0.15) is 12.4 Å². The van der Waals surface area contributed by atoms with E-state index in [9.17, 15) is 33.0 Å². The predicted octanol–water partition coefficient (Wildman–Crippen LogP) is 6.64. The van der Waals surface area contributed by atoms with Crippen molar-refractivity contribution in [1.29, 1.82) is 0 Å². The number of rotatable bonds is 17. The number of piperidine rings is 1. The maximum Gasteiger partial charge on any atom is 0.417 e. The molecular weight excluding hydrogens is 776 g/mol. The lowest BCUT2D eigenvalue weighted by Crippen LogP contribution is -2.48. The molecule has 2 aliphatic rings. The Morgan fingerprint density at radius 2 is 1.28 bits per heavy atom. The van der Waals surface area contributed by atoms with Gasteiger partial charge in [-0.2, -0.15) is 13.2 Å². The van der Waals surface area contributed by atoms with Crippen LogP contribution in [-0.4, -0.2) is 158 Å². The molecule has 2 saturated heterocycles. The van der Waals surface area contributed by atoms with Gasteiger partial charge >= 0.3 is 18.1 Å². The Bertz CT molecular complexity index is 1840. The second-order valence-corrected chi connectivity index (χ2v) is 15.7. The van der Waals surface area contributed by atoms with Crippen LogP contribution in [0.15, 0.2) is 60.7 Å². The van der Waals surface area contributed by atoms with E-state index in [1.165, 1.54) is 18.2 Å². The molecule has 0 saturated carbocycles. The summed E-state index contributed by atoms with van der Waals surface area (Å²) in [5, 5.41) is 18.9. The number of likely N-dealkylation sites (tertiary alicyclic amines) is 1. The Kier molecular flexibility index (Phi) is 18.4. The number of carboxylic acid groups (broad SMARTS) is 2. The van der Waals surface area contributed by atoms with Crippen LogP contribution in [0.3, 0.4) is 0 Å². The quantitative estimate of drug-likeness (QED) is 0.113. The molecule has 2 fully saturated rings. The molecule has 0 radical (unpaired) electrons. The van der Waals surface area contributed by atoms with Gasteiger partial charge in [0.2, 0.25) is 0 Å². The molecule has 0 bridgehead atoms. The molecule has 2 heterocycles. The van der Waals surface area contributed by atoms with Crippen molar-refractivity contribution in [3.63, 3.8) is 0 Å². The lowest BCUT2D eigenvalue weighted by Gasteiger charge is -2.33. The number of halogens is 3. The van der Waals surface area contributed by atoms with Crippen molar-refractivity contribution in [2.24, 2.45) is 0 Å². The summed E-state index contributed by atoms with van der Waals surface area (Å²) < 4.78 is 56.4. The minimum Gasteiger partial charge on any atom is -0.491 e. The molecule has 60 heavy (non-hydrogen) atoms. The fraction of sp³-hybridized carbons (Fsp3) is 0.522. The van der Waals surface area contributed by atoms with E-state index in [-0.39, 0.29) is 31.9 Å². The number of benzene rings is 3. The second-order valence-electron chi connectivity index (χ2n) is 15.7. The molecule has 328 valence electrons. The SMILES string of the molecule is CCN1CCN(CCOCCOc2cc(/C=C/c3cccc(-c4ccccc4)c3C)c(C(F)(F)F)cc2CN2CCCCC2)CCN(CC(=O)O)CCN(CC(=O)O)CC1. The van der Waals surface area contributed by atoms with Crippen molar-refractivity contribution < 1.29 is 42.4 Å². The van der Waals surface area contributed by atoms with E-state index in [2.05, 4.69) is 21.6 Å². The smallest absolute Gasteiger partial charge is 0.417 e. The standard InChI is InChI=1S/C46H62F3N5O6/c1-3-50-19-21-51(22-24-54(35-45(57)58)26-25-53(23-20-50)34-44(55)56)27-28-59-29-30-60-43-32-39(42(46(47,48)49)31-40(43)33-52-17-8-5-9-18-52)16-15-37-13-10-14-41(36(37)2)38-11-6-4-7-12-38/h4,6-7,10-16,31-32H,3,5,8-9,17-30,33-35H2,1-2H3,(H,55,56)(H,57,58)/b16-15+. The summed E-state index contributed by atoms with van der Waals surface area (Å²) in [4.78, 5) is 33.5. The van der Waals surface area contributed by atoms with Crippen molar-refractivity contribution in [2.45, 2.75) is 45.8 Å². The molecule has 0 aliphatic carbocycles. The van der Waals surface area contributed by atoms with Gasteiger partial charge in [-0.25, -0.2) is 0 Å². The summed E-state index contributed by atoms with van der Waals surface area (Å²) in [6.45, 7) is 12.8. The summed E-state index contributed by atoms with van der Waals surface area (Å²) in [5.41, 5.74) is 3.70. The number of likely N-dealkylation sites (N-methyl/N-ethyl adjacent to an activating group) is 1. The second kappa shape index (κ2) is 23.6. The normalized spacial score (nSPS) is 17.7. The van der Waals surface area contributed by atoms with Crippen molar-refractivity contribution in [2.75, 3.05) is 111 Å². The molecule has 2 aliphatic heterocycles. The van der Waals surface area contributed by atoms with Crippen LogP contribution in [0.1, 0.15) is 54.0 Å². The highest BCUT2D eigenvalue weighted by Gasteiger charge is 2.34. The van der Waals surface area contributed by atoms with Gasteiger partial charge in [-0.1, -0.05) is 74.0 Å². The lowest BCUT2D eigenvalue weighted by molar-refractivity contribution is -0.140. The van der Waals surface area contributed by atoms with E-state index < -0.39 is 23.7 Å². The van der Waals surface area contributed by atoms with Gasteiger partial charge < -0.3 is 24.6 Å². The Hall–Kier alpha value is -4.31. The Balaban J connectivity index is 1.26. The van der Waals surface area contributed by atoms with Crippen LogP contribution in [0.2, 0.25) is 0 Å². The van der Waals surface area contributed by atoms with E-state index in [1.807, 2.05) is 65.3 Å². The fourth-order valence-electron chi connectivity index (χ4n) is 7.91. The van der Waals surface area contributed by atoms with Gasteiger partial charge in [0, 0.05) is 71.0 Å². The molecule has 14 heteroatoms. The number of nitrogens with zero attached hydrogens (tertiary/aromatic N) is 5. The van der Waals surface area contributed by atoms with Gasteiger partial charge in [-0.05, 0) is 79.3 Å². The number of hydrogen-bond donors (Lipinski definition) is 2. The summed E-state index contributed by atoms with van der Waals surface area (Å²) >= 11 is 0. The van der Waals surface area contributed by atoms with Crippen LogP contribution in [0, 0.1) is 6.92 Å². The van der Waals surface area contributed by atoms with Crippen LogP contribution >= 0.6 is 0 Å². The molecule has 0 aromatic heterocycles. The topological polar surface area (TPSA) is 109 Å². The third-order valence-electron chi connectivity index (χ3n) is 11.4. The van der Waals surface area contributed by atoms with E-state index in [0.717, 1.165) is 74.2 Å². The highest BCUT2D eigenvalue weighted by Crippen LogP contribution is 2.38. The van der Waals surface area contributed by atoms with Crippen LogP contribution in [0.5, 0.6) is 5.75 Å². The van der Waals surface area contributed by atoms with Gasteiger partial charge in [0.05, 0.1) is 31.9 Å². The lowest BCUT2D eigenvalue weighted by atomic mass is 9.95. The molecule has 0 atom stereocenters. The zero-order valence-corrected chi connectivity index (χ0v) is 35.2. The summed E-state index contributed by atoms with van der Waals surface area (Å²) in [5.74, 6) is -1.43. The van der Waals surface area contributed by atoms with Gasteiger partial charge in [-0.15, -0.1) is 0 Å². The molecule has 0 unspecified atom stereocenters. The van der Waals surface area contributed by atoms with Crippen LogP contribution < -0.4 is 4.74 Å². The third-order valence-corrected chi connectivity index (χ3v) is 11.4. The zero-order chi connectivity index (χ0) is 42.9. The van der Waals surface area contributed by atoms with Crippen LogP contribution in [-0.2, 0) is 27.0 Å². The summed E-state index contributed by atoms with van der Waals surface area (Å²) in [6.07, 6.45) is 1.84. The van der Waals surface area contributed by atoms with Crippen LogP contribution in [0.25, 0.3) is 23.3 Å². The van der Waals surface area contributed by atoms with Crippen molar-refractivity contribution >= 4 is 24.1 Å². The first kappa shape index (κ1) is 46.8. The van der Waals surface area contributed by atoms with Gasteiger partial charge in [-0.3, -0.25) is 29.2 Å². The molecule has 3 aromatic carbocycles. The Labute approximate surface area is 352 Å². The zero-order valence-electron chi connectivity index (χ0n) is 35.2. The Morgan fingerprint density at radius 1 is 0.683 bits per heavy atom. The van der Waals surface area contributed by atoms with Crippen molar-refractivity contribution in [3.05, 3.63) is 88.5 Å². The number of ether oxygens (including phenoxy) is 2.